The minimum Gasteiger partial charge on any atom is -0.337 e. The lowest BCUT2D eigenvalue weighted by Crippen LogP contribution is -2.36. The summed E-state index contributed by atoms with van der Waals surface area (Å²) >= 11 is 0. The van der Waals surface area contributed by atoms with Crippen molar-refractivity contribution in [2.24, 2.45) is 0 Å². The van der Waals surface area contributed by atoms with Crippen LogP contribution in [0.2, 0.25) is 0 Å². The molecule has 0 aliphatic carbocycles. The van der Waals surface area contributed by atoms with E-state index in [0.717, 1.165) is 37.3 Å². The van der Waals surface area contributed by atoms with E-state index in [0.29, 0.717) is 5.69 Å². The fourth-order valence-electron chi connectivity index (χ4n) is 2.68. The monoisotopic (exact) mass is 269 g/mol. The highest BCUT2D eigenvalue weighted by atomic mass is 16.2. The summed E-state index contributed by atoms with van der Waals surface area (Å²) < 4.78 is 1.76. The van der Waals surface area contributed by atoms with Crippen molar-refractivity contribution in [1.29, 1.82) is 0 Å². The van der Waals surface area contributed by atoms with Crippen LogP contribution in [0.3, 0.4) is 0 Å². The maximum atomic E-state index is 12.7. The van der Waals surface area contributed by atoms with E-state index in [9.17, 15) is 4.79 Å². The minimum atomic E-state index is 0.0918. The number of carbonyl (C=O) groups excluding carboxylic acids is 1. The van der Waals surface area contributed by atoms with Crippen LogP contribution in [0.25, 0.3) is 5.69 Å². The Morgan fingerprint density at radius 3 is 2.50 bits per heavy atom. The second-order valence-corrected chi connectivity index (χ2v) is 5.27. The molecule has 1 saturated heterocycles. The summed E-state index contributed by atoms with van der Waals surface area (Å²) in [7, 11) is 0. The molecule has 2 aromatic rings. The van der Waals surface area contributed by atoms with Gasteiger partial charge in [0.15, 0.2) is 0 Å². The Morgan fingerprint density at radius 1 is 1.10 bits per heavy atom. The molecule has 104 valence electrons. The normalized spacial score (nSPS) is 15.3. The number of aromatic nitrogens is 2. The predicted molar refractivity (Wildman–Crippen MR) is 78.1 cm³/mol. The number of piperidine rings is 1. The van der Waals surface area contributed by atoms with Gasteiger partial charge in [-0.25, -0.2) is 4.68 Å². The summed E-state index contributed by atoms with van der Waals surface area (Å²) in [5.74, 6) is 0.0918. The van der Waals surface area contributed by atoms with Crippen LogP contribution < -0.4 is 0 Å². The van der Waals surface area contributed by atoms with Gasteiger partial charge in [-0.3, -0.25) is 4.79 Å². The zero-order valence-corrected chi connectivity index (χ0v) is 11.7. The van der Waals surface area contributed by atoms with E-state index in [1.165, 1.54) is 6.42 Å². The van der Waals surface area contributed by atoms with E-state index in [1.807, 2.05) is 48.2 Å². The van der Waals surface area contributed by atoms with Crippen LogP contribution >= 0.6 is 0 Å². The Labute approximate surface area is 119 Å². The molecule has 0 spiro atoms. The quantitative estimate of drug-likeness (QED) is 0.840. The van der Waals surface area contributed by atoms with Crippen molar-refractivity contribution in [2.75, 3.05) is 13.1 Å². The molecule has 0 N–H and O–H groups in total. The molecule has 4 heteroatoms. The summed E-state index contributed by atoms with van der Waals surface area (Å²) in [6.45, 7) is 3.64. The van der Waals surface area contributed by atoms with Crippen LogP contribution in [-0.2, 0) is 0 Å². The fraction of sp³-hybridized carbons (Fsp3) is 0.375. The molecule has 1 aromatic heterocycles. The van der Waals surface area contributed by atoms with E-state index in [2.05, 4.69) is 5.10 Å². The molecule has 2 heterocycles. The summed E-state index contributed by atoms with van der Waals surface area (Å²) in [4.78, 5) is 14.6. The Morgan fingerprint density at radius 2 is 1.80 bits per heavy atom. The molecule has 1 aliphatic rings. The lowest BCUT2D eigenvalue weighted by Gasteiger charge is -2.26. The number of likely N-dealkylation sites (tertiary alicyclic amines) is 1. The first-order valence-electron chi connectivity index (χ1n) is 7.17. The smallest absolute Gasteiger partial charge is 0.272 e. The summed E-state index contributed by atoms with van der Waals surface area (Å²) in [5.41, 5.74) is 2.46. The van der Waals surface area contributed by atoms with Crippen LogP contribution in [0, 0.1) is 6.92 Å². The highest BCUT2D eigenvalue weighted by Crippen LogP contribution is 2.17. The number of carbonyl (C=O) groups is 1. The van der Waals surface area contributed by atoms with E-state index in [4.69, 9.17) is 0 Å². The molecule has 1 fully saturated rings. The second-order valence-electron chi connectivity index (χ2n) is 5.27. The molecule has 0 saturated carbocycles. The summed E-state index contributed by atoms with van der Waals surface area (Å²) in [6.07, 6.45) is 3.43. The molecular weight excluding hydrogens is 250 g/mol. The third kappa shape index (κ3) is 2.46. The topological polar surface area (TPSA) is 38.1 Å². The molecule has 0 atom stereocenters. The SMILES string of the molecule is Cc1cc(C(=O)N2CCCCC2)n(-c2ccccc2)n1. The first-order valence-corrected chi connectivity index (χ1v) is 7.17. The van der Waals surface area contributed by atoms with Gasteiger partial charge in [0.1, 0.15) is 5.69 Å². The van der Waals surface area contributed by atoms with Gasteiger partial charge in [0.05, 0.1) is 11.4 Å². The Bertz CT molecular complexity index is 597. The highest BCUT2D eigenvalue weighted by molar-refractivity contribution is 5.93. The van der Waals surface area contributed by atoms with Gasteiger partial charge < -0.3 is 4.90 Å². The molecule has 1 aromatic carbocycles. The number of aryl methyl sites for hydroxylation is 1. The van der Waals surface area contributed by atoms with Gasteiger partial charge in [0.2, 0.25) is 0 Å². The van der Waals surface area contributed by atoms with Crippen LogP contribution in [0.15, 0.2) is 36.4 Å². The van der Waals surface area contributed by atoms with Gasteiger partial charge >= 0.3 is 0 Å². The van der Waals surface area contributed by atoms with Crippen molar-refractivity contribution < 1.29 is 4.79 Å². The third-order valence-electron chi connectivity index (χ3n) is 3.69. The molecule has 4 nitrogen and oxygen atoms in total. The predicted octanol–water partition coefficient (Wildman–Crippen LogP) is 2.81. The largest absolute Gasteiger partial charge is 0.337 e. The summed E-state index contributed by atoms with van der Waals surface area (Å²) in [5, 5.41) is 4.47. The molecule has 3 rings (SSSR count). The third-order valence-corrected chi connectivity index (χ3v) is 3.69. The van der Waals surface area contributed by atoms with Crippen molar-refractivity contribution in [3.8, 4) is 5.69 Å². The number of rotatable bonds is 2. The zero-order valence-electron chi connectivity index (χ0n) is 11.7. The average molecular weight is 269 g/mol. The Hall–Kier alpha value is -2.10. The lowest BCUT2D eigenvalue weighted by atomic mass is 10.1. The van der Waals surface area contributed by atoms with Gasteiger partial charge in [0.25, 0.3) is 5.91 Å². The van der Waals surface area contributed by atoms with Gasteiger partial charge in [-0.1, -0.05) is 18.2 Å². The number of hydrogen-bond donors (Lipinski definition) is 0. The van der Waals surface area contributed by atoms with Crippen molar-refractivity contribution in [1.82, 2.24) is 14.7 Å². The molecule has 20 heavy (non-hydrogen) atoms. The molecule has 0 unspecified atom stereocenters. The maximum Gasteiger partial charge on any atom is 0.272 e. The van der Waals surface area contributed by atoms with Gasteiger partial charge in [-0.15, -0.1) is 0 Å². The van der Waals surface area contributed by atoms with Crippen LogP contribution in [0.1, 0.15) is 35.4 Å². The first kappa shape index (κ1) is 12.9. The number of amides is 1. The highest BCUT2D eigenvalue weighted by Gasteiger charge is 2.22. The first-order chi connectivity index (χ1) is 9.75. The average Bonchev–Trinajstić information content (AvgIpc) is 2.90. The van der Waals surface area contributed by atoms with Crippen LogP contribution in [-0.4, -0.2) is 33.7 Å². The summed E-state index contributed by atoms with van der Waals surface area (Å²) in [6, 6.07) is 11.7. The van der Waals surface area contributed by atoms with E-state index < -0.39 is 0 Å². The van der Waals surface area contributed by atoms with E-state index >= 15 is 0 Å². The number of nitrogens with zero attached hydrogens (tertiary/aromatic N) is 3. The lowest BCUT2D eigenvalue weighted by molar-refractivity contribution is 0.0715. The zero-order chi connectivity index (χ0) is 13.9. The van der Waals surface area contributed by atoms with Crippen molar-refractivity contribution >= 4 is 5.91 Å². The molecule has 1 aliphatic heterocycles. The molecule has 0 bridgehead atoms. The van der Waals surface area contributed by atoms with Crippen LogP contribution in [0.4, 0.5) is 0 Å². The van der Waals surface area contributed by atoms with Crippen LogP contribution in [0.5, 0.6) is 0 Å². The second kappa shape index (κ2) is 5.49. The Kier molecular flexibility index (Phi) is 3.54. The van der Waals surface area contributed by atoms with Crippen molar-refractivity contribution in [2.45, 2.75) is 26.2 Å². The molecule has 1 amide bonds. The van der Waals surface area contributed by atoms with Crippen molar-refractivity contribution in [3.63, 3.8) is 0 Å². The minimum absolute atomic E-state index is 0.0918. The van der Waals surface area contributed by atoms with Gasteiger partial charge in [-0.05, 0) is 44.4 Å². The van der Waals surface area contributed by atoms with Gasteiger partial charge in [-0.2, -0.15) is 5.10 Å². The van der Waals surface area contributed by atoms with E-state index in [-0.39, 0.29) is 5.91 Å². The molecule has 0 radical (unpaired) electrons. The fourth-order valence-corrected chi connectivity index (χ4v) is 2.68. The number of hydrogen-bond acceptors (Lipinski definition) is 2. The molecular formula is C16H19N3O. The standard InChI is InChI=1S/C16H19N3O/c1-13-12-15(16(20)18-10-6-3-7-11-18)19(17-13)14-8-4-2-5-9-14/h2,4-5,8-9,12H,3,6-7,10-11H2,1H3. The maximum absolute atomic E-state index is 12.7. The number of para-hydroxylation sites is 1. The van der Waals surface area contributed by atoms with Gasteiger partial charge in [0, 0.05) is 13.1 Å². The Balaban J connectivity index is 1.95. The number of benzene rings is 1. The van der Waals surface area contributed by atoms with Crippen molar-refractivity contribution in [3.05, 3.63) is 47.8 Å². The van der Waals surface area contributed by atoms with E-state index in [1.54, 1.807) is 4.68 Å².